The summed E-state index contributed by atoms with van der Waals surface area (Å²) >= 11 is 1.64. The first kappa shape index (κ1) is 18.2. The monoisotopic (exact) mass is 393 g/mol. The second kappa shape index (κ2) is 8.22. The Morgan fingerprint density at radius 1 is 1.18 bits per heavy atom. The van der Waals surface area contributed by atoms with Gasteiger partial charge in [-0.1, -0.05) is 17.3 Å². The van der Waals surface area contributed by atoms with Gasteiger partial charge in [0.2, 0.25) is 0 Å². The van der Waals surface area contributed by atoms with Gasteiger partial charge in [0.05, 0.1) is 21.8 Å². The molecule has 0 radical (unpaired) electrons. The van der Waals surface area contributed by atoms with Gasteiger partial charge in [-0.2, -0.15) is 0 Å². The van der Waals surface area contributed by atoms with Gasteiger partial charge in [-0.25, -0.2) is 4.98 Å². The van der Waals surface area contributed by atoms with Crippen LogP contribution in [0.15, 0.2) is 59.1 Å². The highest BCUT2D eigenvalue weighted by Crippen LogP contribution is 2.24. The number of aromatic nitrogens is 2. The maximum Gasteiger partial charge on any atom is 0.273 e. The lowest BCUT2D eigenvalue weighted by atomic mass is 10.1. The van der Waals surface area contributed by atoms with Gasteiger partial charge < -0.3 is 14.6 Å². The van der Waals surface area contributed by atoms with Crippen LogP contribution in [0.1, 0.15) is 22.4 Å². The second-order valence-corrected chi connectivity index (χ2v) is 7.23. The summed E-state index contributed by atoms with van der Waals surface area (Å²) in [6.45, 7) is 3.04. The lowest BCUT2D eigenvalue weighted by molar-refractivity contribution is 0.0945. The number of rotatable bonds is 7. The Hall–Kier alpha value is -3.19. The van der Waals surface area contributed by atoms with Gasteiger partial charge in [-0.15, -0.1) is 11.3 Å². The van der Waals surface area contributed by atoms with Crippen LogP contribution in [0.2, 0.25) is 0 Å². The van der Waals surface area contributed by atoms with Crippen LogP contribution >= 0.6 is 11.3 Å². The first-order chi connectivity index (χ1) is 13.7. The summed E-state index contributed by atoms with van der Waals surface area (Å²) in [7, 11) is 0. The van der Waals surface area contributed by atoms with Crippen LogP contribution in [-0.4, -0.2) is 29.2 Å². The first-order valence-corrected chi connectivity index (χ1v) is 9.87. The number of carbonyl (C=O) groups excluding carboxylic acids is 1. The average molecular weight is 393 g/mol. The van der Waals surface area contributed by atoms with Crippen molar-refractivity contribution in [2.45, 2.75) is 13.3 Å². The molecular formula is C21H19N3O3S. The van der Waals surface area contributed by atoms with Crippen molar-refractivity contribution >= 4 is 27.5 Å². The first-order valence-electron chi connectivity index (χ1n) is 9.05. The smallest absolute Gasteiger partial charge is 0.273 e. The molecule has 0 bridgehead atoms. The highest BCUT2D eigenvalue weighted by molar-refractivity contribution is 7.18. The van der Waals surface area contributed by atoms with Crippen LogP contribution in [0.3, 0.4) is 0 Å². The standard InChI is InChI=1S/C21H19N3O3S/c1-2-26-15-9-7-14(8-10-15)18-13-17(24-27-18)21(25)22-12-11-20-23-16-5-3-4-6-19(16)28-20/h3-10,13H,2,11-12H2,1H3,(H,22,25). The second-order valence-electron chi connectivity index (χ2n) is 6.12. The highest BCUT2D eigenvalue weighted by Gasteiger charge is 2.14. The number of hydrogen-bond acceptors (Lipinski definition) is 6. The Bertz CT molecular complexity index is 1050. The lowest BCUT2D eigenvalue weighted by Crippen LogP contribution is -2.25. The normalized spacial score (nSPS) is 10.9. The summed E-state index contributed by atoms with van der Waals surface area (Å²) in [6, 6.07) is 17.1. The Morgan fingerprint density at radius 3 is 2.79 bits per heavy atom. The minimum atomic E-state index is -0.262. The van der Waals surface area contributed by atoms with E-state index in [0.29, 0.717) is 25.3 Å². The minimum Gasteiger partial charge on any atom is -0.494 e. The number of para-hydroxylation sites is 1. The topological polar surface area (TPSA) is 77.2 Å². The summed E-state index contributed by atoms with van der Waals surface area (Å²) in [6.07, 6.45) is 0.675. The molecule has 2 aromatic carbocycles. The number of carbonyl (C=O) groups is 1. The third kappa shape index (κ3) is 4.04. The molecule has 1 amide bonds. The number of amides is 1. The molecule has 0 spiro atoms. The number of hydrogen-bond donors (Lipinski definition) is 1. The fourth-order valence-electron chi connectivity index (χ4n) is 2.80. The van der Waals surface area contributed by atoms with Gasteiger partial charge in [0.25, 0.3) is 5.91 Å². The average Bonchev–Trinajstić information content (AvgIpc) is 3.36. The third-order valence-corrected chi connectivity index (χ3v) is 5.25. The minimum absolute atomic E-state index is 0.258. The van der Waals surface area contributed by atoms with Gasteiger partial charge >= 0.3 is 0 Å². The zero-order chi connectivity index (χ0) is 19.3. The van der Waals surface area contributed by atoms with Crippen molar-refractivity contribution in [1.82, 2.24) is 15.5 Å². The van der Waals surface area contributed by atoms with E-state index >= 15 is 0 Å². The van der Waals surface area contributed by atoms with Crippen molar-refractivity contribution in [2.75, 3.05) is 13.2 Å². The molecule has 0 saturated heterocycles. The van der Waals surface area contributed by atoms with E-state index in [1.54, 1.807) is 17.4 Å². The van der Waals surface area contributed by atoms with Gasteiger partial charge in [0.1, 0.15) is 5.75 Å². The Labute approximate surface area is 166 Å². The maximum atomic E-state index is 12.3. The molecular weight excluding hydrogens is 374 g/mol. The molecule has 0 aliphatic rings. The fourth-order valence-corrected chi connectivity index (χ4v) is 3.77. The molecule has 2 aromatic heterocycles. The maximum absolute atomic E-state index is 12.3. The molecule has 0 aliphatic carbocycles. The SMILES string of the molecule is CCOc1ccc(-c2cc(C(=O)NCCc3nc4ccccc4s3)no2)cc1. The molecule has 28 heavy (non-hydrogen) atoms. The van der Waals surface area contributed by atoms with E-state index in [1.807, 2.05) is 55.5 Å². The Balaban J connectivity index is 1.35. The molecule has 0 atom stereocenters. The van der Waals surface area contributed by atoms with Crippen molar-refractivity contribution < 1.29 is 14.1 Å². The van der Waals surface area contributed by atoms with Gasteiger partial charge in [0, 0.05) is 24.6 Å². The predicted molar refractivity (Wildman–Crippen MR) is 109 cm³/mol. The lowest BCUT2D eigenvalue weighted by Gasteiger charge is -2.02. The van der Waals surface area contributed by atoms with Crippen molar-refractivity contribution in [3.8, 4) is 17.1 Å². The number of ether oxygens (including phenoxy) is 1. The number of thiazole rings is 1. The van der Waals surface area contributed by atoms with Crippen molar-refractivity contribution in [3.05, 3.63) is 65.3 Å². The van der Waals surface area contributed by atoms with Crippen molar-refractivity contribution in [1.29, 1.82) is 0 Å². The number of fused-ring (bicyclic) bond motifs is 1. The van der Waals surface area contributed by atoms with Crippen LogP contribution in [-0.2, 0) is 6.42 Å². The van der Waals surface area contributed by atoms with E-state index in [4.69, 9.17) is 9.26 Å². The molecule has 4 aromatic rings. The van der Waals surface area contributed by atoms with E-state index in [-0.39, 0.29) is 11.6 Å². The zero-order valence-corrected chi connectivity index (χ0v) is 16.2. The van der Waals surface area contributed by atoms with Crippen LogP contribution < -0.4 is 10.1 Å². The van der Waals surface area contributed by atoms with E-state index in [0.717, 1.165) is 26.5 Å². The van der Waals surface area contributed by atoms with Gasteiger partial charge in [0.15, 0.2) is 11.5 Å². The molecule has 6 nitrogen and oxygen atoms in total. The fraction of sp³-hybridized carbons (Fsp3) is 0.190. The van der Waals surface area contributed by atoms with E-state index in [2.05, 4.69) is 15.5 Å². The van der Waals surface area contributed by atoms with Gasteiger partial charge in [-0.3, -0.25) is 4.79 Å². The molecule has 0 fully saturated rings. The largest absolute Gasteiger partial charge is 0.494 e. The van der Waals surface area contributed by atoms with E-state index < -0.39 is 0 Å². The predicted octanol–water partition coefficient (Wildman–Crippen LogP) is 4.32. The molecule has 142 valence electrons. The van der Waals surface area contributed by atoms with Crippen LogP contribution in [0.5, 0.6) is 5.75 Å². The van der Waals surface area contributed by atoms with E-state index in [1.165, 1.54) is 0 Å². The molecule has 7 heteroatoms. The van der Waals surface area contributed by atoms with E-state index in [9.17, 15) is 4.79 Å². The van der Waals surface area contributed by atoms with Crippen LogP contribution in [0.4, 0.5) is 0 Å². The van der Waals surface area contributed by atoms with Gasteiger partial charge in [-0.05, 0) is 43.3 Å². The highest BCUT2D eigenvalue weighted by atomic mass is 32.1. The molecule has 0 aliphatic heterocycles. The molecule has 2 heterocycles. The Morgan fingerprint density at radius 2 is 2.00 bits per heavy atom. The summed E-state index contributed by atoms with van der Waals surface area (Å²) in [5.41, 5.74) is 2.09. The number of nitrogens with one attached hydrogen (secondary N) is 1. The third-order valence-electron chi connectivity index (χ3n) is 4.16. The van der Waals surface area contributed by atoms with Crippen LogP contribution in [0.25, 0.3) is 21.5 Å². The quantitative estimate of drug-likeness (QED) is 0.506. The summed E-state index contributed by atoms with van der Waals surface area (Å²) < 4.78 is 11.9. The van der Waals surface area contributed by atoms with Crippen molar-refractivity contribution in [3.63, 3.8) is 0 Å². The van der Waals surface area contributed by atoms with Crippen LogP contribution in [0, 0.1) is 0 Å². The zero-order valence-electron chi connectivity index (χ0n) is 15.3. The molecule has 0 unspecified atom stereocenters. The number of nitrogens with zero attached hydrogens (tertiary/aromatic N) is 2. The molecule has 4 rings (SSSR count). The summed E-state index contributed by atoms with van der Waals surface area (Å²) in [5.74, 6) is 1.07. The number of benzene rings is 2. The summed E-state index contributed by atoms with van der Waals surface area (Å²) in [4.78, 5) is 16.9. The Kier molecular flexibility index (Phi) is 5.34. The summed E-state index contributed by atoms with van der Waals surface area (Å²) in [5, 5.41) is 7.74. The molecule has 0 saturated carbocycles. The van der Waals surface area contributed by atoms with Crippen molar-refractivity contribution in [2.24, 2.45) is 0 Å². The molecule has 1 N–H and O–H groups in total.